The molecule has 6 aromatic rings. The van der Waals surface area contributed by atoms with E-state index in [1.807, 2.05) is 24.3 Å². The van der Waals surface area contributed by atoms with E-state index in [-0.39, 0.29) is 0 Å². The van der Waals surface area contributed by atoms with Crippen LogP contribution in [0, 0.1) is 11.3 Å². The second kappa shape index (κ2) is 10.0. The van der Waals surface area contributed by atoms with E-state index in [0.717, 1.165) is 90.2 Å². The predicted molar refractivity (Wildman–Crippen MR) is 154 cm³/mol. The smallest absolute Gasteiger partial charge is 0.116 e. The first-order valence-electron chi connectivity index (χ1n) is 13.6. The van der Waals surface area contributed by atoms with Crippen molar-refractivity contribution < 1.29 is 0 Å². The van der Waals surface area contributed by atoms with E-state index < -0.39 is 0 Å². The van der Waals surface area contributed by atoms with Gasteiger partial charge in [-0.1, -0.05) is 24.3 Å². The van der Waals surface area contributed by atoms with Crippen LogP contribution in [0.25, 0.3) is 44.2 Å². The van der Waals surface area contributed by atoms with E-state index in [9.17, 15) is 5.26 Å². The third-order valence-electron chi connectivity index (χ3n) is 8.00. The first-order chi connectivity index (χ1) is 19.2. The lowest BCUT2D eigenvalue weighted by Crippen LogP contribution is -2.37. The number of aromatic nitrogens is 5. The number of H-pyrrole nitrogens is 3. The first kappa shape index (κ1) is 23.7. The van der Waals surface area contributed by atoms with Gasteiger partial charge in [-0.15, -0.1) is 0 Å². The molecule has 0 bridgehead atoms. The van der Waals surface area contributed by atoms with Crippen LogP contribution in [0.5, 0.6) is 0 Å². The van der Waals surface area contributed by atoms with Gasteiger partial charge < -0.3 is 20.2 Å². The fourth-order valence-corrected chi connectivity index (χ4v) is 5.85. The van der Waals surface area contributed by atoms with Crippen molar-refractivity contribution >= 4 is 32.8 Å². The number of rotatable bonds is 7. The minimum absolute atomic E-state index is 0.516. The fraction of sp³-hybridized carbons (Fsp3) is 0.258. The maximum Gasteiger partial charge on any atom is 0.116 e. The third-order valence-corrected chi connectivity index (χ3v) is 8.00. The third kappa shape index (κ3) is 4.56. The van der Waals surface area contributed by atoms with Crippen molar-refractivity contribution in [2.45, 2.75) is 25.3 Å². The Labute approximate surface area is 226 Å². The molecule has 3 aromatic heterocycles. The molecule has 1 aliphatic rings. The Bertz CT molecular complexity index is 1780. The van der Waals surface area contributed by atoms with E-state index in [1.54, 1.807) is 0 Å². The minimum Gasteiger partial charge on any atom is -0.353 e. The summed E-state index contributed by atoms with van der Waals surface area (Å²) in [6, 6.07) is 24.7. The van der Waals surface area contributed by atoms with Gasteiger partial charge in [0.15, 0.2) is 0 Å². The lowest BCUT2D eigenvalue weighted by molar-refractivity contribution is 0.210. The number of nitriles is 1. The summed E-state index contributed by atoms with van der Waals surface area (Å²) in [6.07, 6.45) is 2.29. The van der Waals surface area contributed by atoms with Crippen LogP contribution in [-0.4, -0.2) is 56.2 Å². The number of para-hydroxylation sites is 2. The number of hydrogen-bond acceptors (Lipinski definition) is 5. The largest absolute Gasteiger partial charge is 0.353 e. The summed E-state index contributed by atoms with van der Waals surface area (Å²) in [7, 11) is 0. The Hall–Kier alpha value is -4.45. The molecule has 39 heavy (non-hydrogen) atoms. The van der Waals surface area contributed by atoms with Crippen LogP contribution in [0.15, 0.2) is 66.7 Å². The molecule has 1 aliphatic heterocycles. The molecule has 0 atom stereocenters. The Morgan fingerprint density at radius 1 is 0.923 bits per heavy atom. The Balaban J connectivity index is 0.961. The molecule has 7 rings (SSSR count). The molecule has 0 spiro atoms. The monoisotopic (exact) mass is 514 g/mol. The average molecular weight is 515 g/mol. The lowest BCUT2D eigenvalue weighted by atomic mass is 9.96. The number of hydrogen-bond donors (Lipinski definition) is 4. The molecule has 194 valence electrons. The lowest BCUT2D eigenvalue weighted by Gasteiger charge is -2.31. The van der Waals surface area contributed by atoms with Gasteiger partial charge in [-0.2, -0.15) is 10.4 Å². The number of nitrogens with zero attached hydrogens (tertiary/aromatic N) is 4. The highest BCUT2D eigenvalue weighted by Gasteiger charge is 2.23. The SMILES string of the molecule is N#Cc1ccc2c(-c3cc4c(CNCCN5CCC(c6nc7ccccc7[nH]6)CC5)cccc4[nH]3)n[nH]c2c1. The second-order valence-corrected chi connectivity index (χ2v) is 10.4. The Kier molecular flexibility index (Phi) is 6.08. The molecule has 8 heteroatoms. The molecule has 4 heterocycles. The zero-order valence-corrected chi connectivity index (χ0v) is 21.7. The maximum absolute atomic E-state index is 9.18. The summed E-state index contributed by atoms with van der Waals surface area (Å²) in [5, 5.41) is 22.7. The van der Waals surface area contributed by atoms with Crippen molar-refractivity contribution in [2.75, 3.05) is 26.2 Å². The summed E-state index contributed by atoms with van der Waals surface area (Å²) < 4.78 is 0. The summed E-state index contributed by atoms with van der Waals surface area (Å²) in [6.45, 7) is 5.03. The number of piperidine rings is 1. The first-order valence-corrected chi connectivity index (χ1v) is 13.6. The Morgan fingerprint density at radius 3 is 2.67 bits per heavy atom. The van der Waals surface area contributed by atoms with Gasteiger partial charge in [0, 0.05) is 41.8 Å². The number of benzene rings is 3. The number of aromatic amines is 3. The molecule has 8 nitrogen and oxygen atoms in total. The van der Waals surface area contributed by atoms with Crippen LogP contribution in [0.1, 0.15) is 35.7 Å². The van der Waals surface area contributed by atoms with Crippen LogP contribution < -0.4 is 5.32 Å². The fourth-order valence-electron chi connectivity index (χ4n) is 5.85. The van der Waals surface area contributed by atoms with E-state index in [0.29, 0.717) is 11.5 Å². The van der Waals surface area contributed by atoms with E-state index in [2.05, 4.69) is 78.9 Å². The number of fused-ring (bicyclic) bond motifs is 3. The highest BCUT2D eigenvalue weighted by atomic mass is 15.1. The molecule has 0 unspecified atom stereocenters. The molecule has 4 N–H and O–H groups in total. The molecule has 0 amide bonds. The maximum atomic E-state index is 9.18. The molecular weight excluding hydrogens is 484 g/mol. The zero-order valence-electron chi connectivity index (χ0n) is 21.7. The van der Waals surface area contributed by atoms with Gasteiger partial charge in [-0.05, 0) is 74.0 Å². The van der Waals surface area contributed by atoms with Crippen LogP contribution >= 0.6 is 0 Å². The number of imidazole rings is 1. The average Bonchev–Trinajstić information content (AvgIpc) is 3.71. The molecule has 0 radical (unpaired) electrons. The molecule has 1 saturated heterocycles. The molecule has 3 aromatic carbocycles. The topological polar surface area (TPSA) is 112 Å². The highest BCUT2D eigenvalue weighted by Crippen LogP contribution is 2.31. The van der Waals surface area contributed by atoms with Crippen LogP contribution in [0.2, 0.25) is 0 Å². The highest BCUT2D eigenvalue weighted by molar-refractivity contribution is 5.96. The van der Waals surface area contributed by atoms with Crippen molar-refractivity contribution in [2.24, 2.45) is 0 Å². The Morgan fingerprint density at radius 2 is 1.79 bits per heavy atom. The molecule has 1 fully saturated rings. The second-order valence-electron chi connectivity index (χ2n) is 10.4. The van der Waals surface area contributed by atoms with Crippen molar-refractivity contribution in [1.82, 2.24) is 35.4 Å². The van der Waals surface area contributed by atoms with E-state index >= 15 is 0 Å². The van der Waals surface area contributed by atoms with Crippen molar-refractivity contribution in [1.29, 1.82) is 5.26 Å². The van der Waals surface area contributed by atoms with Crippen molar-refractivity contribution in [3.8, 4) is 17.5 Å². The van der Waals surface area contributed by atoms with Crippen molar-refractivity contribution in [3.05, 3.63) is 83.7 Å². The van der Waals surface area contributed by atoms with Gasteiger partial charge in [-0.25, -0.2) is 4.98 Å². The summed E-state index contributed by atoms with van der Waals surface area (Å²) in [4.78, 5) is 14.4. The summed E-state index contributed by atoms with van der Waals surface area (Å²) in [5.41, 5.74) is 7.90. The summed E-state index contributed by atoms with van der Waals surface area (Å²) in [5.74, 6) is 1.66. The molecular formula is C31H30N8. The standard InChI is InChI=1S/C31H30N8/c32-18-20-8-9-23-28(16-20)37-38-30(23)29-17-24-22(4-3-7-25(24)34-29)19-33-12-15-39-13-10-21(11-14-39)31-35-26-5-1-2-6-27(26)36-31/h1-9,16-17,21,33-34H,10-15,19H2,(H,35,36)(H,37,38). The number of nitrogens with one attached hydrogen (secondary N) is 4. The normalized spacial score (nSPS) is 14.9. The van der Waals surface area contributed by atoms with Crippen LogP contribution in [-0.2, 0) is 6.54 Å². The predicted octanol–water partition coefficient (Wildman–Crippen LogP) is 5.43. The van der Waals surface area contributed by atoms with Gasteiger partial charge >= 0.3 is 0 Å². The van der Waals surface area contributed by atoms with Gasteiger partial charge in [0.05, 0.1) is 33.9 Å². The van der Waals surface area contributed by atoms with Gasteiger partial charge in [0.25, 0.3) is 0 Å². The van der Waals surface area contributed by atoms with Crippen LogP contribution in [0.4, 0.5) is 0 Å². The van der Waals surface area contributed by atoms with Gasteiger partial charge in [0.1, 0.15) is 11.5 Å². The van der Waals surface area contributed by atoms with Crippen molar-refractivity contribution in [3.63, 3.8) is 0 Å². The zero-order chi connectivity index (χ0) is 26.2. The number of likely N-dealkylation sites (tertiary alicyclic amines) is 1. The quantitative estimate of drug-likeness (QED) is 0.212. The molecule has 0 saturated carbocycles. The van der Waals surface area contributed by atoms with Gasteiger partial charge in [0.2, 0.25) is 0 Å². The molecule has 0 aliphatic carbocycles. The van der Waals surface area contributed by atoms with Crippen LogP contribution in [0.3, 0.4) is 0 Å². The minimum atomic E-state index is 0.516. The van der Waals surface area contributed by atoms with Gasteiger partial charge in [-0.3, -0.25) is 5.10 Å². The van der Waals surface area contributed by atoms with E-state index in [1.165, 1.54) is 10.9 Å². The summed E-state index contributed by atoms with van der Waals surface area (Å²) >= 11 is 0. The van der Waals surface area contributed by atoms with E-state index in [4.69, 9.17) is 4.98 Å².